The molecule has 3 aliphatic heterocycles. The molecule has 3 aliphatic rings. The predicted octanol–water partition coefficient (Wildman–Crippen LogP) is 4.01. The fourth-order valence-corrected chi connectivity index (χ4v) is 5.12. The van der Waals surface area contributed by atoms with Crippen LogP contribution in [0.25, 0.3) is 5.76 Å². The minimum atomic E-state index is -0.768. The summed E-state index contributed by atoms with van der Waals surface area (Å²) >= 11 is 0. The number of para-hydroxylation sites is 1. The van der Waals surface area contributed by atoms with Gasteiger partial charge in [0.15, 0.2) is 0 Å². The molecule has 34 heavy (non-hydrogen) atoms. The van der Waals surface area contributed by atoms with Crippen LogP contribution in [0.3, 0.4) is 0 Å². The second-order valence-electron chi connectivity index (χ2n) is 9.01. The van der Waals surface area contributed by atoms with Crippen molar-refractivity contribution in [1.29, 1.82) is 0 Å². The number of aliphatic hydroxyl groups is 1. The minimum Gasteiger partial charge on any atom is -0.507 e. The molecule has 3 atom stereocenters. The molecule has 7 heteroatoms. The van der Waals surface area contributed by atoms with Gasteiger partial charge in [-0.1, -0.05) is 18.2 Å². The van der Waals surface area contributed by atoms with Crippen molar-refractivity contribution >= 4 is 17.4 Å². The van der Waals surface area contributed by atoms with Gasteiger partial charge >= 0.3 is 0 Å². The number of benzene rings is 2. The molecular formula is C27H29NO6. The highest BCUT2D eigenvalue weighted by Crippen LogP contribution is 2.43. The number of nitrogens with zero attached hydrogens (tertiary/aromatic N) is 1. The van der Waals surface area contributed by atoms with E-state index in [1.165, 1.54) is 4.90 Å². The standard InChI is InChI=1S/C27H29NO6/c1-3-32-22-9-5-4-8-20(22)24-23(26(30)27(31)28(24)15-19-7-6-12-33-19)25(29)17-10-11-21-18(14-17)13-16(2)34-21/h4-5,8-11,14,16,19,24,29H,3,6-7,12-13,15H2,1-2H3/b25-23+. The van der Waals surface area contributed by atoms with Gasteiger partial charge in [-0.25, -0.2) is 0 Å². The normalized spacial score (nSPS) is 25.5. The van der Waals surface area contributed by atoms with Crippen molar-refractivity contribution in [2.24, 2.45) is 0 Å². The van der Waals surface area contributed by atoms with E-state index >= 15 is 0 Å². The van der Waals surface area contributed by atoms with Gasteiger partial charge < -0.3 is 24.2 Å². The summed E-state index contributed by atoms with van der Waals surface area (Å²) in [6, 6.07) is 12.0. The summed E-state index contributed by atoms with van der Waals surface area (Å²) in [5, 5.41) is 11.4. The van der Waals surface area contributed by atoms with Crippen molar-refractivity contribution in [2.75, 3.05) is 19.8 Å². The fraction of sp³-hybridized carbons (Fsp3) is 0.407. The van der Waals surface area contributed by atoms with Gasteiger partial charge in [0.2, 0.25) is 0 Å². The third-order valence-corrected chi connectivity index (χ3v) is 6.65. The fourth-order valence-electron chi connectivity index (χ4n) is 5.12. The van der Waals surface area contributed by atoms with E-state index in [4.69, 9.17) is 14.2 Å². The van der Waals surface area contributed by atoms with Gasteiger partial charge in [-0.15, -0.1) is 0 Å². The summed E-state index contributed by atoms with van der Waals surface area (Å²) in [6.45, 7) is 5.23. The topological polar surface area (TPSA) is 85.3 Å². The molecule has 2 aromatic rings. The van der Waals surface area contributed by atoms with E-state index < -0.39 is 17.7 Å². The SMILES string of the molecule is CCOc1ccccc1C1/C(=C(\O)c2ccc3c(c2)CC(C)O3)C(=O)C(=O)N1CC1CCCO1. The van der Waals surface area contributed by atoms with E-state index in [-0.39, 0.29) is 30.1 Å². The molecule has 2 aromatic carbocycles. The predicted molar refractivity (Wildman–Crippen MR) is 126 cm³/mol. The molecule has 0 radical (unpaired) electrons. The second-order valence-corrected chi connectivity index (χ2v) is 9.01. The van der Waals surface area contributed by atoms with Gasteiger partial charge in [-0.2, -0.15) is 0 Å². The van der Waals surface area contributed by atoms with E-state index in [1.54, 1.807) is 12.1 Å². The highest BCUT2D eigenvalue weighted by Gasteiger charge is 2.48. The van der Waals surface area contributed by atoms with Gasteiger partial charge in [0.05, 0.1) is 24.3 Å². The van der Waals surface area contributed by atoms with Crippen LogP contribution in [0.4, 0.5) is 0 Å². The van der Waals surface area contributed by atoms with Crippen molar-refractivity contribution in [2.45, 2.75) is 51.4 Å². The summed E-state index contributed by atoms with van der Waals surface area (Å²) in [4.78, 5) is 28.1. The van der Waals surface area contributed by atoms with Gasteiger partial charge in [0, 0.05) is 30.7 Å². The van der Waals surface area contributed by atoms with Crippen molar-refractivity contribution in [3.63, 3.8) is 0 Å². The van der Waals surface area contributed by atoms with E-state index in [0.717, 1.165) is 30.6 Å². The van der Waals surface area contributed by atoms with Crippen molar-refractivity contribution < 1.29 is 28.9 Å². The number of ether oxygens (including phenoxy) is 3. The van der Waals surface area contributed by atoms with Gasteiger partial charge in [-0.05, 0) is 56.5 Å². The first kappa shape index (κ1) is 22.5. The first-order valence-corrected chi connectivity index (χ1v) is 11.9. The van der Waals surface area contributed by atoms with Gasteiger partial charge in [0.1, 0.15) is 23.4 Å². The van der Waals surface area contributed by atoms with Crippen LogP contribution in [0.15, 0.2) is 48.0 Å². The first-order valence-electron chi connectivity index (χ1n) is 11.9. The zero-order valence-electron chi connectivity index (χ0n) is 19.5. The van der Waals surface area contributed by atoms with Crippen LogP contribution < -0.4 is 9.47 Å². The molecule has 5 rings (SSSR count). The maximum atomic E-state index is 13.3. The zero-order chi connectivity index (χ0) is 23.8. The summed E-state index contributed by atoms with van der Waals surface area (Å²) in [5.41, 5.74) is 2.20. The average molecular weight is 464 g/mol. The molecule has 2 saturated heterocycles. The molecule has 1 N–H and O–H groups in total. The molecule has 7 nitrogen and oxygen atoms in total. The number of ketones is 1. The minimum absolute atomic E-state index is 0.0578. The molecule has 2 fully saturated rings. The molecule has 0 aliphatic carbocycles. The summed E-state index contributed by atoms with van der Waals surface area (Å²) < 4.78 is 17.4. The molecule has 0 aromatic heterocycles. The molecule has 0 bridgehead atoms. The number of likely N-dealkylation sites (tertiary alicyclic amines) is 1. The lowest BCUT2D eigenvalue weighted by molar-refractivity contribution is -0.140. The number of rotatable bonds is 6. The Morgan fingerprint density at radius 3 is 2.79 bits per heavy atom. The maximum Gasteiger partial charge on any atom is 0.295 e. The lowest BCUT2D eigenvalue weighted by Crippen LogP contribution is -2.36. The number of carbonyl (C=O) groups excluding carboxylic acids is 2. The average Bonchev–Trinajstić information content (AvgIpc) is 3.53. The Kier molecular flexibility index (Phi) is 6.04. The Morgan fingerprint density at radius 2 is 2.03 bits per heavy atom. The van der Waals surface area contributed by atoms with Gasteiger partial charge in [-0.3, -0.25) is 9.59 Å². The Morgan fingerprint density at radius 1 is 1.21 bits per heavy atom. The van der Waals surface area contributed by atoms with Crippen molar-refractivity contribution in [3.05, 3.63) is 64.7 Å². The molecule has 3 unspecified atom stereocenters. The molecular weight excluding hydrogens is 434 g/mol. The van der Waals surface area contributed by atoms with Crippen molar-refractivity contribution in [3.8, 4) is 11.5 Å². The number of hydrogen-bond acceptors (Lipinski definition) is 6. The third kappa shape index (κ3) is 3.94. The highest BCUT2D eigenvalue weighted by atomic mass is 16.5. The van der Waals surface area contributed by atoms with Gasteiger partial charge in [0.25, 0.3) is 11.7 Å². The number of Topliss-reactive ketones (excluding diaryl/α,β-unsaturated/α-hetero) is 1. The van der Waals surface area contributed by atoms with Crippen LogP contribution in [0.2, 0.25) is 0 Å². The molecule has 3 heterocycles. The maximum absolute atomic E-state index is 13.3. The Labute approximate surface area is 198 Å². The Bertz CT molecular complexity index is 1150. The van der Waals surface area contributed by atoms with Crippen LogP contribution in [0, 0.1) is 0 Å². The van der Waals surface area contributed by atoms with Crippen LogP contribution in [-0.2, 0) is 20.7 Å². The third-order valence-electron chi connectivity index (χ3n) is 6.65. The molecule has 178 valence electrons. The number of hydrogen-bond donors (Lipinski definition) is 1. The van der Waals surface area contributed by atoms with E-state index in [2.05, 4.69) is 0 Å². The largest absolute Gasteiger partial charge is 0.507 e. The molecule has 1 amide bonds. The zero-order valence-corrected chi connectivity index (χ0v) is 19.5. The highest BCUT2D eigenvalue weighted by molar-refractivity contribution is 6.46. The lowest BCUT2D eigenvalue weighted by Gasteiger charge is -2.28. The van der Waals surface area contributed by atoms with E-state index in [9.17, 15) is 14.7 Å². The Balaban J connectivity index is 1.63. The molecule has 0 saturated carbocycles. The Hall–Kier alpha value is -3.32. The van der Waals surface area contributed by atoms with Crippen LogP contribution in [0.5, 0.6) is 11.5 Å². The van der Waals surface area contributed by atoms with Crippen molar-refractivity contribution in [1.82, 2.24) is 4.90 Å². The monoisotopic (exact) mass is 463 g/mol. The molecule has 0 spiro atoms. The number of aliphatic hydroxyl groups excluding tert-OH is 1. The smallest absolute Gasteiger partial charge is 0.295 e. The van der Waals surface area contributed by atoms with E-state index in [1.807, 2.05) is 44.2 Å². The summed E-state index contributed by atoms with van der Waals surface area (Å²) in [5.74, 6) is -0.160. The second kappa shape index (κ2) is 9.14. The van der Waals surface area contributed by atoms with Crippen LogP contribution >= 0.6 is 0 Å². The summed E-state index contributed by atoms with van der Waals surface area (Å²) in [6.07, 6.45) is 2.39. The first-order chi connectivity index (χ1) is 16.5. The quantitative estimate of drug-likeness (QED) is 0.396. The summed E-state index contributed by atoms with van der Waals surface area (Å²) in [7, 11) is 0. The number of amides is 1. The number of fused-ring (bicyclic) bond motifs is 1. The van der Waals surface area contributed by atoms with E-state index in [0.29, 0.717) is 30.1 Å². The lowest BCUT2D eigenvalue weighted by atomic mass is 9.93. The number of carbonyl (C=O) groups is 2. The van der Waals surface area contributed by atoms with Crippen LogP contribution in [-0.4, -0.2) is 53.7 Å². The van der Waals surface area contributed by atoms with Crippen LogP contribution in [0.1, 0.15) is 49.4 Å².